The van der Waals surface area contributed by atoms with E-state index in [0.717, 1.165) is 32.4 Å². The second-order valence-electron chi connectivity index (χ2n) is 5.25. The molecule has 2 fully saturated rings. The van der Waals surface area contributed by atoms with Crippen LogP contribution in [0.15, 0.2) is 30.3 Å². The zero-order chi connectivity index (χ0) is 11.9. The van der Waals surface area contributed by atoms with Crippen LogP contribution in [0, 0.1) is 5.41 Å². The number of hydrogen-bond donors (Lipinski definition) is 1. The molecule has 1 saturated carbocycles. The topological polar surface area (TPSA) is 46.3 Å². The molecule has 1 atom stereocenters. The zero-order valence-electron chi connectivity index (χ0n) is 9.93. The van der Waals surface area contributed by atoms with Crippen molar-refractivity contribution in [3.63, 3.8) is 0 Å². The van der Waals surface area contributed by atoms with Gasteiger partial charge in [0.05, 0.1) is 5.41 Å². The van der Waals surface area contributed by atoms with Gasteiger partial charge in [-0.25, -0.2) is 0 Å². The maximum Gasteiger partial charge on any atom is 0.230 e. The fraction of sp³-hybridized carbons (Fsp3) is 0.500. The van der Waals surface area contributed by atoms with Crippen LogP contribution >= 0.6 is 0 Å². The zero-order valence-corrected chi connectivity index (χ0v) is 9.93. The minimum absolute atomic E-state index is 0.0609. The van der Waals surface area contributed by atoms with Crippen molar-refractivity contribution >= 4 is 5.91 Å². The average Bonchev–Trinajstić information content (AvgIpc) is 3.12. The monoisotopic (exact) mass is 230 g/mol. The molecule has 3 nitrogen and oxygen atoms in total. The largest absolute Gasteiger partial charge is 0.340 e. The first-order valence-corrected chi connectivity index (χ1v) is 6.31. The molecule has 2 N–H and O–H groups in total. The van der Waals surface area contributed by atoms with E-state index < -0.39 is 0 Å². The summed E-state index contributed by atoms with van der Waals surface area (Å²) in [6.07, 6.45) is 2.92. The molecule has 0 bridgehead atoms. The van der Waals surface area contributed by atoms with Gasteiger partial charge >= 0.3 is 0 Å². The fourth-order valence-corrected chi connectivity index (χ4v) is 2.79. The predicted octanol–water partition coefficient (Wildman–Crippen LogP) is 1.18. The van der Waals surface area contributed by atoms with E-state index in [1.54, 1.807) is 0 Å². The second-order valence-corrected chi connectivity index (χ2v) is 5.25. The van der Waals surface area contributed by atoms with E-state index in [1.807, 2.05) is 23.1 Å². The van der Waals surface area contributed by atoms with E-state index >= 15 is 0 Å². The summed E-state index contributed by atoms with van der Waals surface area (Å²) in [6, 6.07) is 10.4. The Kier molecular flexibility index (Phi) is 2.44. The lowest BCUT2D eigenvalue weighted by Crippen LogP contribution is -2.31. The quantitative estimate of drug-likeness (QED) is 0.847. The van der Waals surface area contributed by atoms with Crippen molar-refractivity contribution in [1.29, 1.82) is 0 Å². The smallest absolute Gasteiger partial charge is 0.230 e. The van der Waals surface area contributed by atoms with Gasteiger partial charge in [0, 0.05) is 19.1 Å². The van der Waals surface area contributed by atoms with Crippen LogP contribution < -0.4 is 5.73 Å². The summed E-state index contributed by atoms with van der Waals surface area (Å²) in [7, 11) is 0. The van der Waals surface area contributed by atoms with Gasteiger partial charge in [0.15, 0.2) is 0 Å². The Hall–Kier alpha value is -1.35. The first-order chi connectivity index (χ1) is 8.22. The van der Waals surface area contributed by atoms with Gasteiger partial charge in [-0.2, -0.15) is 0 Å². The molecule has 0 radical (unpaired) electrons. The van der Waals surface area contributed by atoms with Gasteiger partial charge in [-0.3, -0.25) is 4.79 Å². The van der Waals surface area contributed by atoms with Gasteiger partial charge in [-0.15, -0.1) is 0 Å². The van der Waals surface area contributed by atoms with E-state index in [-0.39, 0.29) is 11.5 Å². The minimum Gasteiger partial charge on any atom is -0.340 e. The molecule has 90 valence electrons. The Morgan fingerprint density at radius 2 is 2.00 bits per heavy atom. The average molecular weight is 230 g/mol. The molecule has 1 aromatic rings. The standard InChI is InChI=1S/C14H18N2O/c15-12-10-16(13(17)14(12)7-8-14)9-6-11-4-2-1-3-5-11/h1-5,12H,6-10,15H2/t12-/m1/s1. The van der Waals surface area contributed by atoms with Crippen LogP contribution in [-0.4, -0.2) is 29.9 Å². The summed E-state index contributed by atoms with van der Waals surface area (Å²) in [5, 5.41) is 0. The number of amides is 1. The van der Waals surface area contributed by atoms with E-state index in [2.05, 4.69) is 12.1 Å². The number of likely N-dealkylation sites (tertiary alicyclic amines) is 1. The molecule has 1 spiro atoms. The van der Waals surface area contributed by atoms with Crippen molar-refractivity contribution in [3.8, 4) is 0 Å². The lowest BCUT2D eigenvalue weighted by atomic mass is 10.0. The van der Waals surface area contributed by atoms with E-state index in [9.17, 15) is 4.79 Å². The minimum atomic E-state index is -0.156. The predicted molar refractivity (Wildman–Crippen MR) is 66.4 cm³/mol. The Bertz CT molecular complexity index is 425. The van der Waals surface area contributed by atoms with E-state index in [1.165, 1.54) is 5.56 Å². The maximum atomic E-state index is 12.2. The van der Waals surface area contributed by atoms with Crippen LogP contribution in [0.4, 0.5) is 0 Å². The molecule has 1 heterocycles. The van der Waals surface area contributed by atoms with Gasteiger partial charge in [-0.1, -0.05) is 30.3 Å². The van der Waals surface area contributed by atoms with Crippen LogP contribution in [0.2, 0.25) is 0 Å². The van der Waals surface area contributed by atoms with Crippen molar-refractivity contribution in [1.82, 2.24) is 4.90 Å². The molecule has 3 rings (SSSR count). The van der Waals surface area contributed by atoms with Crippen molar-refractivity contribution in [2.24, 2.45) is 11.1 Å². The number of nitrogens with zero attached hydrogens (tertiary/aromatic N) is 1. The molecule has 0 unspecified atom stereocenters. The molecule has 1 amide bonds. The van der Waals surface area contributed by atoms with Crippen LogP contribution in [0.3, 0.4) is 0 Å². The lowest BCUT2D eigenvalue weighted by Gasteiger charge is -2.16. The molecule has 2 aliphatic rings. The highest BCUT2D eigenvalue weighted by Gasteiger charge is 2.60. The molecule has 3 heteroatoms. The normalized spacial score (nSPS) is 25.6. The highest BCUT2D eigenvalue weighted by molar-refractivity contribution is 5.88. The van der Waals surface area contributed by atoms with Crippen molar-refractivity contribution < 1.29 is 4.79 Å². The summed E-state index contributed by atoms with van der Waals surface area (Å²) in [5.74, 6) is 0.293. The van der Waals surface area contributed by atoms with Gasteiger partial charge in [0.1, 0.15) is 0 Å². The van der Waals surface area contributed by atoms with Gasteiger partial charge < -0.3 is 10.6 Å². The van der Waals surface area contributed by atoms with Gasteiger partial charge in [-0.05, 0) is 24.8 Å². The van der Waals surface area contributed by atoms with E-state index in [0.29, 0.717) is 5.91 Å². The SMILES string of the molecule is N[C@@H]1CN(CCc2ccccc2)C(=O)C12CC2. The highest BCUT2D eigenvalue weighted by atomic mass is 16.2. The first kappa shape index (κ1) is 10.8. The summed E-state index contributed by atoms with van der Waals surface area (Å²) < 4.78 is 0. The third kappa shape index (κ3) is 1.75. The van der Waals surface area contributed by atoms with Gasteiger partial charge in [0.25, 0.3) is 0 Å². The number of carbonyl (C=O) groups is 1. The second kappa shape index (κ2) is 3.84. The number of rotatable bonds is 3. The maximum absolute atomic E-state index is 12.2. The molecule has 1 aromatic carbocycles. The summed E-state index contributed by atoms with van der Waals surface area (Å²) in [4.78, 5) is 14.1. The third-order valence-corrected chi connectivity index (χ3v) is 4.14. The highest BCUT2D eigenvalue weighted by Crippen LogP contribution is 2.52. The van der Waals surface area contributed by atoms with Crippen LogP contribution in [-0.2, 0) is 11.2 Å². The number of carbonyl (C=O) groups excluding carboxylic acids is 1. The molecular formula is C14H18N2O. The van der Waals surface area contributed by atoms with Crippen molar-refractivity contribution in [2.75, 3.05) is 13.1 Å². The van der Waals surface area contributed by atoms with E-state index in [4.69, 9.17) is 5.73 Å². The van der Waals surface area contributed by atoms with Crippen molar-refractivity contribution in [2.45, 2.75) is 25.3 Å². The molecule has 17 heavy (non-hydrogen) atoms. The van der Waals surface area contributed by atoms with Crippen molar-refractivity contribution in [3.05, 3.63) is 35.9 Å². The van der Waals surface area contributed by atoms with Gasteiger partial charge in [0.2, 0.25) is 5.91 Å². The van der Waals surface area contributed by atoms with Crippen LogP contribution in [0.25, 0.3) is 0 Å². The number of hydrogen-bond acceptors (Lipinski definition) is 2. The Labute approximate surface area is 102 Å². The third-order valence-electron chi connectivity index (χ3n) is 4.14. The van der Waals surface area contributed by atoms with Crippen LogP contribution in [0.1, 0.15) is 18.4 Å². The Balaban J connectivity index is 1.62. The lowest BCUT2D eigenvalue weighted by molar-refractivity contribution is -0.132. The fourth-order valence-electron chi connectivity index (χ4n) is 2.79. The van der Waals surface area contributed by atoms with Crippen LogP contribution in [0.5, 0.6) is 0 Å². The molecule has 1 saturated heterocycles. The molecule has 1 aliphatic carbocycles. The summed E-state index contributed by atoms with van der Waals surface area (Å²) in [5.41, 5.74) is 7.19. The Morgan fingerprint density at radius 3 is 2.59 bits per heavy atom. The summed E-state index contributed by atoms with van der Waals surface area (Å²) >= 11 is 0. The number of benzene rings is 1. The first-order valence-electron chi connectivity index (χ1n) is 6.31. The Morgan fingerprint density at radius 1 is 1.29 bits per heavy atom. The molecule has 0 aromatic heterocycles. The molecular weight excluding hydrogens is 212 g/mol. The molecule has 1 aliphatic heterocycles. The summed E-state index contributed by atoms with van der Waals surface area (Å²) in [6.45, 7) is 1.55. The number of nitrogens with two attached hydrogens (primary N) is 1.